The van der Waals surface area contributed by atoms with Crippen molar-refractivity contribution in [3.63, 3.8) is 0 Å². The van der Waals surface area contributed by atoms with Crippen LogP contribution < -0.4 is 10.2 Å². The summed E-state index contributed by atoms with van der Waals surface area (Å²) in [5.41, 5.74) is 2.61. The SMILES string of the molecule is Cc1cc(Cl)ccc1N1CCCNC(C)CC1. The quantitative estimate of drug-likeness (QED) is 0.826. The van der Waals surface area contributed by atoms with Crippen molar-refractivity contribution in [3.8, 4) is 0 Å². The molecular weight excluding hydrogens is 232 g/mol. The lowest BCUT2D eigenvalue weighted by Gasteiger charge is -2.30. The second-order valence-corrected chi connectivity index (χ2v) is 5.35. The Morgan fingerprint density at radius 1 is 1.35 bits per heavy atom. The molecule has 0 aromatic heterocycles. The number of nitrogens with one attached hydrogen (secondary N) is 1. The molecule has 0 aliphatic carbocycles. The second-order valence-electron chi connectivity index (χ2n) is 4.92. The van der Waals surface area contributed by atoms with Crippen molar-refractivity contribution in [3.05, 3.63) is 28.8 Å². The first-order valence-electron chi connectivity index (χ1n) is 6.41. The van der Waals surface area contributed by atoms with Gasteiger partial charge in [-0.2, -0.15) is 0 Å². The Labute approximate surface area is 109 Å². The molecule has 1 atom stereocenters. The van der Waals surface area contributed by atoms with Gasteiger partial charge in [-0.25, -0.2) is 0 Å². The van der Waals surface area contributed by atoms with Gasteiger partial charge in [0.15, 0.2) is 0 Å². The molecule has 17 heavy (non-hydrogen) atoms. The number of aryl methyl sites for hydroxylation is 1. The average molecular weight is 253 g/mol. The highest BCUT2D eigenvalue weighted by Crippen LogP contribution is 2.24. The third-order valence-corrected chi connectivity index (χ3v) is 3.66. The number of halogens is 1. The van der Waals surface area contributed by atoms with Crippen LogP contribution in [0.25, 0.3) is 0 Å². The molecule has 1 N–H and O–H groups in total. The average Bonchev–Trinajstić information content (AvgIpc) is 2.26. The van der Waals surface area contributed by atoms with Gasteiger partial charge in [-0.1, -0.05) is 11.6 Å². The first-order chi connectivity index (χ1) is 8.16. The van der Waals surface area contributed by atoms with E-state index in [1.165, 1.54) is 24.1 Å². The molecule has 1 unspecified atom stereocenters. The number of rotatable bonds is 1. The van der Waals surface area contributed by atoms with Crippen LogP contribution >= 0.6 is 11.6 Å². The summed E-state index contributed by atoms with van der Waals surface area (Å²) >= 11 is 6.01. The molecule has 2 nitrogen and oxygen atoms in total. The molecule has 3 heteroatoms. The summed E-state index contributed by atoms with van der Waals surface area (Å²) in [6.45, 7) is 7.77. The van der Waals surface area contributed by atoms with Crippen LogP contribution in [0.1, 0.15) is 25.3 Å². The largest absolute Gasteiger partial charge is 0.371 e. The topological polar surface area (TPSA) is 15.3 Å². The van der Waals surface area contributed by atoms with Gasteiger partial charge >= 0.3 is 0 Å². The summed E-state index contributed by atoms with van der Waals surface area (Å²) in [7, 11) is 0. The molecule has 0 radical (unpaired) electrons. The van der Waals surface area contributed by atoms with E-state index in [0.717, 1.165) is 24.7 Å². The highest BCUT2D eigenvalue weighted by atomic mass is 35.5. The summed E-state index contributed by atoms with van der Waals surface area (Å²) in [6.07, 6.45) is 2.40. The van der Waals surface area contributed by atoms with Gasteiger partial charge in [0.1, 0.15) is 0 Å². The second kappa shape index (κ2) is 5.74. The lowest BCUT2D eigenvalue weighted by atomic mass is 10.1. The summed E-state index contributed by atoms with van der Waals surface area (Å²) in [5.74, 6) is 0. The Morgan fingerprint density at radius 3 is 2.94 bits per heavy atom. The Kier molecular flexibility index (Phi) is 4.30. The highest BCUT2D eigenvalue weighted by molar-refractivity contribution is 6.30. The Morgan fingerprint density at radius 2 is 2.18 bits per heavy atom. The molecule has 94 valence electrons. The normalized spacial score (nSPS) is 22.1. The molecule has 1 aliphatic heterocycles. The van der Waals surface area contributed by atoms with Crippen molar-refractivity contribution in [1.29, 1.82) is 0 Å². The van der Waals surface area contributed by atoms with Crippen LogP contribution in [-0.2, 0) is 0 Å². The molecule has 1 heterocycles. The fourth-order valence-electron chi connectivity index (χ4n) is 2.40. The zero-order valence-corrected chi connectivity index (χ0v) is 11.4. The van der Waals surface area contributed by atoms with Gasteiger partial charge in [0.05, 0.1) is 0 Å². The zero-order valence-electron chi connectivity index (χ0n) is 10.7. The summed E-state index contributed by atoms with van der Waals surface area (Å²) < 4.78 is 0. The predicted octanol–water partition coefficient (Wildman–Crippen LogP) is 3.23. The third kappa shape index (κ3) is 3.36. The van der Waals surface area contributed by atoms with Crippen LogP contribution in [0.4, 0.5) is 5.69 Å². The number of anilines is 1. The van der Waals surface area contributed by atoms with Gasteiger partial charge in [-0.15, -0.1) is 0 Å². The first kappa shape index (κ1) is 12.7. The van der Waals surface area contributed by atoms with E-state index in [1.807, 2.05) is 6.07 Å². The van der Waals surface area contributed by atoms with E-state index in [2.05, 4.69) is 36.2 Å². The standard InChI is InChI=1S/C14H21ClN2/c1-11-10-13(15)4-5-14(11)17-8-3-7-16-12(2)6-9-17/h4-5,10,12,16H,3,6-9H2,1-2H3. The van der Waals surface area contributed by atoms with Crippen molar-refractivity contribution < 1.29 is 0 Å². The smallest absolute Gasteiger partial charge is 0.0410 e. The van der Waals surface area contributed by atoms with Crippen molar-refractivity contribution in [2.75, 3.05) is 24.5 Å². The molecular formula is C14H21ClN2. The fourth-order valence-corrected chi connectivity index (χ4v) is 2.62. The predicted molar refractivity (Wildman–Crippen MR) is 75.1 cm³/mol. The van der Waals surface area contributed by atoms with Gasteiger partial charge in [-0.3, -0.25) is 0 Å². The molecule has 1 aliphatic rings. The lowest BCUT2D eigenvalue weighted by molar-refractivity contribution is 0.475. The zero-order chi connectivity index (χ0) is 12.3. The van der Waals surface area contributed by atoms with Crippen LogP contribution in [0.5, 0.6) is 0 Å². The highest BCUT2D eigenvalue weighted by Gasteiger charge is 2.13. The molecule has 1 fully saturated rings. The van der Waals surface area contributed by atoms with Crippen LogP contribution in [0, 0.1) is 6.92 Å². The summed E-state index contributed by atoms with van der Waals surface area (Å²) in [4.78, 5) is 2.49. The van der Waals surface area contributed by atoms with E-state index < -0.39 is 0 Å². The van der Waals surface area contributed by atoms with Gasteiger partial charge in [-0.05, 0) is 57.0 Å². The van der Waals surface area contributed by atoms with Crippen LogP contribution in [-0.4, -0.2) is 25.7 Å². The molecule has 2 rings (SSSR count). The fraction of sp³-hybridized carbons (Fsp3) is 0.571. The number of hydrogen-bond acceptors (Lipinski definition) is 2. The van der Waals surface area contributed by atoms with Crippen molar-refractivity contribution in [1.82, 2.24) is 5.32 Å². The third-order valence-electron chi connectivity index (χ3n) is 3.43. The molecule has 1 saturated heterocycles. The minimum Gasteiger partial charge on any atom is -0.371 e. The molecule has 1 aromatic rings. The van der Waals surface area contributed by atoms with E-state index >= 15 is 0 Å². The molecule has 1 aromatic carbocycles. The number of nitrogens with zero attached hydrogens (tertiary/aromatic N) is 1. The minimum atomic E-state index is 0.616. The Bertz CT molecular complexity index is 378. The monoisotopic (exact) mass is 252 g/mol. The lowest BCUT2D eigenvalue weighted by Crippen LogP contribution is -2.38. The van der Waals surface area contributed by atoms with E-state index in [0.29, 0.717) is 6.04 Å². The van der Waals surface area contributed by atoms with Gasteiger partial charge in [0.2, 0.25) is 0 Å². The minimum absolute atomic E-state index is 0.616. The maximum atomic E-state index is 6.01. The van der Waals surface area contributed by atoms with Crippen molar-refractivity contribution in [2.45, 2.75) is 32.7 Å². The van der Waals surface area contributed by atoms with Gasteiger partial charge in [0.25, 0.3) is 0 Å². The first-order valence-corrected chi connectivity index (χ1v) is 6.79. The maximum absolute atomic E-state index is 6.01. The van der Waals surface area contributed by atoms with E-state index in [4.69, 9.17) is 11.6 Å². The van der Waals surface area contributed by atoms with Gasteiger partial charge < -0.3 is 10.2 Å². The molecule has 0 amide bonds. The molecule has 0 bridgehead atoms. The van der Waals surface area contributed by atoms with Crippen molar-refractivity contribution >= 4 is 17.3 Å². The van der Waals surface area contributed by atoms with E-state index in [9.17, 15) is 0 Å². The van der Waals surface area contributed by atoms with Crippen LogP contribution in [0.3, 0.4) is 0 Å². The van der Waals surface area contributed by atoms with Gasteiger partial charge in [0, 0.05) is 29.8 Å². The number of benzene rings is 1. The summed E-state index contributed by atoms with van der Waals surface area (Å²) in [5, 5.41) is 4.36. The van der Waals surface area contributed by atoms with Crippen LogP contribution in [0.2, 0.25) is 5.02 Å². The molecule has 0 spiro atoms. The molecule has 0 saturated carbocycles. The number of hydrogen-bond donors (Lipinski definition) is 1. The van der Waals surface area contributed by atoms with Crippen molar-refractivity contribution in [2.24, 2.45) is 0 Å². The Balaban J connectivity index is 2.13. The van der Waals surface area contributed by atoms with E-state index in [-0.39, 0.29) is 0 Å². The van der Waals surface area contributed by atoms with Crippen LogP contribution in [0.15, 0.2) is 18.2 Å². The summed E-state index contributed by atoms with van der Waals surface area (Å²) in [6, 6.07) is 6.81. The maximum Gasteiger partial charge on any atom is 0.0410 e. The Hall–Kier alpha value is -0.730. The van der Waals surface area contributed by atoms with E-state index in [1.54, 1.807) is 0 Å².